The lowest BCUT2D eigenvalue weighted by Crippen LogP contribution is -2.59. The molecule has 0 radical (unpaired) electrons. The normalized spacial score (nSPS) is 21.3. The third-order valence-corrected chi connectivity index (χ3v) is 9.65. The lowest BCUT2D eigenvalue weighted by atomic mass is 9.99. The summed E-state index contributed by atoms with van der Waals surface area (Å²) >= 11 is 0. The predicted octanol–water partition coefficient (Wildman–Crippen LogP) is 8.00. The van der Waals surface area contributed by atoms with Crippen LogP contribution in [0.4, 0.5) is 0 Å². The van der Waals surface area contributed by atoms with Gasteiger partial charge in [0, 0.05) is 12.8 Å². The molecule has 1 heterocycles. The van der Waals surface area contributed by atoms with Gasteiger partial charge in [0.15, 0.2) is 12.4 Å². The molecule has 1 aliphatic rings. The van der Waals surface area contributed by atoms with E-state index in [1.807, 2.05) is 0 Å². The molecule has 0 aromatic carbocycles. The molecular weight excluding hydrogens is 652 g/mol. The number of unbranched alkanes of at least 4 members (excludes halogenated alkanes) is 21. The fraction of sp³-hybridized carbons (Fsp3) is 0.902. The average Bonchev–Trinajstić information content (AvgIpc) is 3.13. The van der Waals surface area contributed by atoms with Gasteiger partial charge in [0.25, 0.3) is 0 Å². The van der Waals surface area contributed by atoms with E-state index in [2.05, 4.69) is 26.0 Å². The topological polar surface area (TPSA) is 152 Å². The van der Waals surface area contributed by atoms with Gasteiger partial charge in [-0.1, -0.05) is 142 Å². The zero-order valence-electron chi connectivity index (χ0n) is 32.4. The number of aliphatic hydroxyl groups excluding tert-OH is 4. The maximum Gasteiger partial charge on any atom is 0.306 e. The first-order valence-electron chi connectivity index (χ1n) is 20.8. The minimum Gasteiger partial charge on any atom is -0.462 e. The van der Waals surface area contributed by atoms with Gasteiger partial charge in [-0.2, -0.15) is 0 Å². The monoisotopic (exact) mass is 729 g/mol. The summed E-state index contributed by atoms with van der Waals surface area (Å²) in [4.78, 5) is 25.2. The van der Waals surface area contributed by atoms with Crippen molar-refractivity contribution in [1.82, 2.24) is 0 Å². The molecule has 0 saturated carbocycles. The fourth-order valence-electron chi connectivity index (χ4n) is 6.30. The number of hydrogen-bond donors (Lipinski definition) is 4. The number of ether oxygens (including phenoxy) is 4. The highest BCUT2D eigenvalue weighted by atomic mass is 16.7. The first kappa shape index (κ1) is 47.5. The molecule has 6 atom stereocenters. The lowest BCUT2D eigenvalue weighted by Gasteiger charge is -2.39. The molecule has 0 spiro atoms. The smallest absolute Gasteiger partial charge is 0.306 e. The zero-order valence-corrected chi connectivity index (χ0v) is 32.4. The van der Waals surface area contributed by atoms with E-state index >= 15 is 0 Å². The Bertz CT molecular complexity index is 850. The van der Waals surface area contributed by atoms with Crippen molar-refractivity contribution in [1.29, 1.82) is 0 Å². The quantitative estimate of drug-likeness (QED) is 0.0291. The van der Waals surface area contributed by atoms with Gasteiger partial charge >= 0.3 is 11.9 Å². The number of aliphatic hydroxyl groups is 4. The molecule has 1 aliphatic heterocycles. The highest BCUT2D eigenvalue weighted by Crippen LogP contribution is 2.22. The van der Waals surface area contributed by atoms with E-state index < -0.39 is 49.4 Å². The standard InChI is InChI=1S/C41H76O10/c1-3-5-7-9-11-13-15-16-17-18-19-20-22-24-26-28-30-37(44)50-34(33-49-41-40(47)39(46)38(45)35(31-42)51-41)32-48-36(43)29-27-25-23-21-14-12-10-8-6-4-2/h17-18,34-35,38-42,45-47H,3-16,19-33H2,1-2H3/b18-17-. The molecule has 10 heteroatoms. The summed E-state index contributed by atoms with van der Waals surface area (Å²) in [5.41, 5.74) is 0. The van der Waals surface area contributed by atoms with Gasteiger partial charge < -0.3 is 39.4 Å². The summed E-state index contributed by atoms with van der Waals surface area (Å²) in [5.74, 6) is -0.812. The van der Waals surface area contributed by atoms with E-state index in [9.17, 15) is 30.0 Å². The van der Waals surface area contributed by atoms with Gasteiger partial charge in [0.05, 0.1) is 13.2 Å². The number of allylic oxidation sites excluding steroid dienone is 2. The molecule has 1 rings (SSSR count). The van der Waals surface area contributed by atoms with Crippen LogP contribution >= 0.6 is 0 Å². The molecule has 6 unspecified atom stereocenters. The van der Waals surface area contributed by atoms with E-state index in [-0.39, 0.29) is 32.0 Å². The summed E-state index contributed by atoms with van der Waals surface area (Å²) in [6, 6.07) is 0. The third kappa shape index (κ3) is 25.2. The molecule has 0 aliphatic carbocycles. The van der Waals surface area contributed by atoms with E-state index in [0.717, 1.165) is 51.4 Å². The SMILES string of the molecule is CCCCCCCCC/C=C\CCCCCCCC(=O)OC(COC(=O)CCCCCCCCCCCC)COC1OC(CO)C(O)C(O)C1O. The van der Waals surface area contributed by atoms with Crippen LogP contribution in [0.3, 0.4) is 0 Å². The maximum absolute atomic E-state index is 12.7. The Labute approximate surface area is 310 Å². The van der Waals surface area contributed by atoms with Gasteiger partial charge in [0.1, 0.15) is 31.0 Å². The highest BCUT2D eigenvalue weighted by molar-refractivity contribution is 5.70. The highest BCUT2D eigenvalue weighted by Gasteiger charge is 2.44. The Kier molecular flexibility index (Phi) is 30.7. The Morgan fingerprint density at radius 2 is 1.04 bits per heavy atom. The summed E-state index contributed by atoms with van der Waals surface area (Å²) in [6.07, 6.45) is 25.1. The van der Waals surface area contributed by atoms with Gasteiger partial charge in [-0.3, -0.25) is 9.59 Å². The first-order chi connectivity index (χ1) is 24.8. The Balaban J connectivity index is 2.36. The maximum atomic E-state index is 12.7. The third-order valence-electron chi connectivity index (χ3n) is 9.65. The number of carbonyl (C=O) groups excluding carboxylic acids is 2. The summed E-state index contributed by atoms with van der Waals surface area (Å²) in [7, 11) is 0. The zero-order chi connectivity index (χ0) is 37.4. The van der Waals surface area contributed by atoms with Crippen LogP contribution in [0, 0.1) is 0 Å². The Morgan fingerprint density at radius 3 is 1.53 bits per heavy atom. The van der Waals surface area contributed by atoms with Crippen LogP contribution in [-0.4, -0.2) is 89.0 Å². The van der Waals surface area contributed by atoms with Crippen LogP contribution in [0.25, 0.3) is 0 Å². The molecule has 4 N–H and O–H groups in total. The van der Waals surface area contributed by atoms with Crippen molar-refractivity contribution < 1.29 is 49.0 Å². The molecule has 10 nitrogen and oxygen atoms in total. The van der Waals surface area contributed by atoms with Crippen molar-refractivity contribution in [2.24, 2.45) is 0 Å². The largest absolute Gasteiger partial charge is 0.462 e. The minimum atomic E-state index is -1.59. The summed E-state index contributed by atoms with van der Waals surface area (Å²) in [5, 5.41) is 39.9. The second kappa shape index (κ2) is 33.0. The molecule has 0 aromatic heterocycles. The van der Waals surface area contributed by atoms with Crippen molar-refractivity contribution in [3.63, 3.8) is 0 Å². The van der Waals surface area contributed by atoms with Crippen LogP contribution < -0.4 is 0 Å². The average molecular weight is 729 g/mol. The van der Waals surface area contributed by atoms with Gasteiger partial charge in [-0.15, -0.1) is 0 Å². The van der Waals surface area contributed by atoms with E-state index in [4.69, 9.17) is 18.9 Å². The molecule has 51 heavy (non-hydrogen) atoms. The van der Waals surface area contributed by atoms with Crippen molar-refractivity contribution in [3.8, 4) is 0 Å². The summed E-state index contributed by atoms with van der Waals surface area (Å²) in [6.45, 7) is 3.39. The van der Waals surface area contributed by atoms with Crippen molar-refractivity contribution in [2.75, 3.05) is 19.8 Å². The number of rotatable bonds is 34. The summed E-state index contributed by atoms with van der Waals surface area (Å²) < 4.78 is 22.1. The van der Waals surface area contributed by atoms with Crippen LogP contribution in [0.15, 0.2) is 12.2 Å². The van der Waals surface area contributed by atoms with Crippen molar-refractivity contribution in [3.05, 3.63) is 12.2 Å². The molecule has 0 bridgehead atoms. The Hall–Kier alpha value is -1.56. The number of esters is 2. The Morgan fingerprint density at radius 1 is 0.588 bits per heavy atom. The second-order valence-electron chi connectivity index (χ2n) is 14.4. The molecule has 1 saturated heterocycles. The molecule has 0 aromatic rings. The number of carbonyl (C=O) groups is 2. The minimum absolute atomic E-state index is 0.216. The molecular formula is C41H76O10. The van der Waals surface area contributed by atoms with E-state index in [1.54, 1.807) is 0 Å². The predicted molar refractivity (Wildman–Crippen MR) is 201 cm³/mol. The van der Waals surface area contributed by atoms with Gasteiger partial charge in [-0.25, -0.2) is 0 Å². The number of hydrogen-bond acceptors (Lipinski definition) is 10. The fourth-order valence-corrected chi connectivity index (χ4v) is 6.30. The molecule has 1 fully saturated rings. The van der Waals surface area contributed by atoms with Crippen molar-refractivity contribution >= 4 is 11.9 Å². The van der Waals surface area contributed by atoms with Gasteiger partial charge in [-0.05, 0) is 38.5 Å². The van der Waals surface area contributed by atoms with Crippen LogP contribution in [0.5, 0.6) is 0 Å². The van der Waals surface area contributed by atoms with Gasteiger partial charge in [0.2, 0.25) is 0 Å². The molecule has 0 amide bonds. The molecule has 300 valence electrons. The van der Waals surface area contributed by atoms with Crippen LogP contribution in [0.1, 0.15) is 181 Å². The van der Waals surface area contributed by atoms with E-state index in [1.165, 1.54) is 96.3 Å². The second-order valence-corrected chi connectivity index (χ2v) is 14.4. The van der Waals surface area contributed by atoms with E-state index in [0.29, 0.717) is 6.42 Å². The lowest BCUT2D eigenvalue weighted by molar-refractivity contribution is -0.305. The van der Waals surface area contributed by atoms with Crippen LogP contribution in [-0.2, 0) is 28.5 Å². The first-order valence-corrected chi connectivity index (χ1v) is 20.8. The van der Waals surface area contributed by atoms with Crippen molar-refractivity contribution in [2.45, 2.75) is 218 Å². The van der Waals surface area contributed by atoms with Crippen LogP contribution in [0.2, 0.25) is 0 Å².